The fourth-order valence-electron chi connectivity index (χ4n) is 2.49. The molecule has 136 valence electrons. The van der Waals surface area contributed by atoms with Crippen LogP contribution in [0.4, 0.5) is 0 Å². The van der Waals surface area contributed by atoms with Gasteiger partial charge in [-0.15, -0.1) is 0 Å². The Morgan fingerprint density at radius 2 is 1.79 bits per heavy atom. The molecule has 1 amide bonds. The van der Waals surface area contributed by atoms with Gasteiger partial charge < -0.3 is 9.80 Å². The second kappa shape index (κ2) is 10.4. The predicted octanol–water partition coefficient (Wildman–Crippen LogP) is 4.19. The Kier molecular flexibility index (Phi) is 9.24. The summed E-state index contributed by atoms with van der Waals surface area (Å²) in [5.74, 6) is 1.31. The summed E-state index contributed by atoms with van der Waals surface area (Å²) in [6.45, 7) is 7.68. The zero-order valence-corrected chi connectivity index (χ0v) is 17.5. The highest BCUT2D eigenvalue weighted by Gasteiger charge is 2.29. The summed E-state index contributed by atoms with van der Waals surface area (Å²) in [5.41, 5.74) is 0.937. The smallest absolute Gasteiger partial charge is 0.227 e. The summed E-state index contributed by atoms with van der Waals surface area (Å²) in [7, 11) is 9.99. The van der Waals surface area contributed by atoms with Crippen molar-refractivity contribution in [1.29, 1.82) is 0 Å². The van der Waals surface area contributed by atoms with E-state index in [1.807, 2.05) is 63.9 Å². The molecule has 0 fully saturated rings. The van der Waals surface area contributed by atoms with E-state index in [2.05, 4.69) is 39.8 Å². The summed E-state index contributed by atoms with van der Waals surface area (Å²) < 4.78 is 0. The SMILES string of the molecule is CC(CC(C)(C)N(C)C(=O)Cc1ccccc1)SSCCN(C)C. The van der Waals surface area contributed by atoms with Crippen LogP contribution >= 0.6 is 21.6 Å². The van der Waals surface area contributed by atoms with Crippen molar-refractivity contribution >= 4 is 27.5 Å². The van der Waals surface area contributed by atoms with Crippen LogP contribution in [0.5, 0.6) is 0 Å². The van der Waals surface area contributed by atoms with E-state index in [9.17, 15) is 4.79 Å². The highest BCUT2D eigenvalue weighted by Crippen LogP contribution is 2.33. The third-order valence-corrected chi connectivity index (χ3v) is 7.00. The highest BCUT2D eigenvalue weighted by atomic mass is 33.1. The van der Waals surface area contributed by atoms with E-state index in [0.717, 1.165) is 24.3 Å². The molecule has 0 aliphatic rings. The molecule has 1 aromatic carbocycles. The van der Waals surface area contributed by atoms with Gasteiger partial charge in [-0.3, -0.25) is 4.79 Å². The van der Waals surface area contributed by atoms with Crippen LogP contribution in [0, 0.1) is 0 Å². The van der Waals surface area contributed by atoms with Crippen molar-refractivity contribution in [3.8, 4) is 0 Å². The molecule has 0 radical (unpaired) electrons. The van der Waals surface area contributed by atoms with Crippen molar-refractivity contribution in [3.63, 3.8) is 0 Å². The average Bonchev–Trinajstić information content (AvgIpc) is 2.51. The molecule has 0 saturated carbocycles. The molecule has 0 spiro atoms. The Morgan fingerprint density at radius 1 is 1.17 bits per heavy atom. The van der Waals surface area contributed by atoms with Crippen molar-refractivity contribution in [3.05, 3.63) is 35.9 Å². The van der Waals surface area contributed by atoms with Gasteiger partial charge in [-0.1, -0.05) is 58.8 Å². The molecule has 1 unspecified atom stereocenters. The van der Waals surface area contributed by atoms with Gasteiger partial charge in [-0.2, -0.15) is 0 Å². The number of carbonyl (C=O) groups is 1. The monoisotopic (exact) mass is 368 g/mol. The first-order valence-corrected chi connectivity index (χ1v) is 10.8. The lowest BCUT2D eigenvalue weighted by Gasteiger charge is -2.37. The highest BCUT2D eigenvalue weighted by molar-refractivity contribution is 8.76. The van der Waals surface area contributed by atoms with Gasteiger partial charge in [0.05, 0.1) is 6.42 Å². The van der Waals surface area contributed by atoms with Gasteiger partial charge in [0.25, 0.3) is 0 Å². The van der Waals surface area contributed by atoms with E-state index in [1.54, 1.807) is 0 Å². The molecule has 0 aliphatic heterocycles. The first-order valence-electron chi connectivity index (χ1n) is 8.46. The summed E-state index contributed by atoms with van der Waals surface area (Å²) in [5, 5.41) is 0.513. The van der Waals surface area contributed by atoms with Crippen molar-refractivity contribution < 1.29 is 4.79 Å². The number of hydrogen-bond donors (Lipinski definition) is 0. The number of benzene rings is 1. The number of carbonyl (C=O) groups excluding carboxylic acids is 1. The minimum absolute atomic E-state index is 0.139. The maximum absolute atomic E-state index is 12.6. The van der Waals surface area contributed by atoms with Crippen LogP contribution in [0.15, 0.2) is 30.3 Å². The molecule has 0 bridgehead atoms. The molecule has 1 aromatic rings. The van der Waals surface area contributed by atoms with Crippen LogP contribution in [-0.4, -0.2) is 59.9 Å². The van der Waals surface area contributed by atoms with E-state index < -0.39 is 0 Å². The molecule has 0 saturated heterocycles. The Labute approximate surface area is 156 Å². The van der Waals surface area contributed by atoms with E-state index in [0.29, 0.717) is 11.7 Å². The Bertz CT molecular complexity index is 491. The quantitative estimate of drug-likeness (QED) is 0.456. The molecule has 0 N–H and O–H groups in total. The standard InChI is InChI=1S/C19H32N2OS2/c1-16(24-23-13-12-20(4)5)15-19(2,3)21(6)18(22)14-17-10-8-7-9-11-17/h7-11,16H,12-15H2,1-6H3. The summed E-state index contributed by atoms with van der Waals surface area (Å²) in [6.07, 6.45) is 1.46. The molecular weight excluding hydrogens is 336 g/mol. The number of likely N-dealkylation sites (N-methyl/N-ethyl adjacent to an activating group) is 1. The van der Waals surface area contributed by atoms with Crippen LogP contribution in [0.25, 0.3) is 0 Å². The molecule has 1 atom stereocenters. The van der Waals surface area contributed by atoms with Crippen LogP contribution in [0.1, 0.15) is 32.8 Å². The minimum Gasteiger partial charge on any atom is -0.340 e. The number of rotatable bonds is 10. The number of nitrogens with zero attached hydrogens (tertiary/aromatic N) is 2. The largest absolute Gasteiger partial charge is 0.340 e. The van der Waals surface area contributed by atoms with Crippen LogP contribution in [0.2, 0.25) is 0 Å². The third-order valence-electron chi connectivity index (χ3n) is 4.12. The maximum Gasteiger partial charge on any atom is 0.227 e. The van der Waals surface area contributed by atoms with E-state index >= 15 is 0 Å². The molecule has 5 heteroatoms. The fourth-order valence-corrected chi connectivity index (χ4v) is 5.14. The van der Waals surface area contributed by atoms with Crippen molar-refractivity contribution in [2.45, 2.75) is 44.4 Å². The zero-order valence-electron chi connectivity index (χ0n) is 15.9. The van der Waals surface area contributed by atoms with Crippen LogP contribution in [0.3, 0.4) is 0 Å². The Morgan fingerprint density at radius 3 is 2.38 bits per heavy atom. The lowest BCUT2D eigenvalue weighted by molar-refractivity contribution is -0.134. The summed E-state index contributed by atoms with van der Waals surface area (Å²) in [4.78, 5) is 16.7. The third kappa shape index (κ3) is 7.95. The first-order chi connectivity index (χ1) is 11.2. The first kappa shape index (κ1) is 21.4. The molecule has 1 rings (SSSR count). The molecule has 3 nitrogen and oxygen atoms in total. The van der Waals surface area contributed by atoms with Gasteiger partial charge in [-0.25, -0.2) is 0 Å². The molecule has 24 heavy (non-hydrogen) atoms. The van der Waals surface area contributed by atoms with E-state index in [-0.39, 0.29) is 11.4 Å². The van der Waals surface area contributed by atoms with E-state index in [1.165, 1.54) is 0 Å². The van der Waals surface area contributed by atoms with Gasteiger partial charge in [-0.05, 0) is 39.9 Å². The topological polar surface area (TPSA) is 23.6 Å². The van der Waals surface area contributed by atoms with Crippen LogP contribution in [-0.2, 0) is 11.2 Å². The number of amides is 1. The van der Waals surface area contributed by atoms with E-state index in [4.69, 9.17) is 0 Å². The summed E-state index contributed by atoms with van der Waals surface area (Å²) >= 11 is 0. The summed E-state index contributed by atoms with van der Waals surface area (Å²) in [6, 6.07) is 9.97. The Hall–Kier alpha value is -0.650. The van der Waals surface area contributed by atoms with Gasteiger partial charge in [0.15, 0.2) is 0 Å². The second-order valence-corrected chi connectivity index (χ2v) is 10.1. The average molecular weight is 369 g/mol. The lowest BCUT2D eigenvalue weighted by atomic mass is 9.96. The van der Waals surface area contributed by atoms with Gasteiger partial charge in [0.2, 0.25) is 5.91 Å². The number of hydrogen-bond acceptors (Lipinski definition) is 4. The zero-order chi connectivity index (χ0) is 18.2. The predicted molar refractivity (Wildman–Crippen MR) is 110 cm³/mol. The molecule has 0 aliphatic carbocycles. The second-order valence-electron chi connectivity index (χ2n) is 7.16. The Balaban J connectivity index is 2.45. The maximum atomic E-state index is 12.6. The molecule has 0 aromatic heterocycles. The molecular formula is C19H32N2OS2. The normalized spacial score (nSPS) is 13.1. The van der Waals surface area contributed by atoms with Gasteiger partial charge in [0.1, 0.15) is 0 Å². The van der Waals surface area contributed by atoms with Crippen molar-refractivity contribution in [1.82, 2.24) is 9.80 Å². The van der Waals surface area contributed by atoms with Crippen LogP contribution < -0.4 is 0 Å². The van der Waals surface area contributed by atoms with Crippen molar-refractivity contribution in [2.75, 3.05) is 33.4 Å². The van der Waals surface area contributed by atoms with Crippen molar-refractivity contribution in [2.24, 2.45) is 0 Å². The minimum atomic E-state index is -0.139. The lowest BCUT2D eigenvalue weighted by Crippen LogP contribution is -2.47. The fraction of sp³-hybridized carbons (Fsp3) is 0.632. The van der Waals surface area contributed by atoms with Gasteiger partial charge in [0, 0.05) is 30.1 Å². The van der Waals surface area contributed by atoms with Gasteiger partial charge >= 0.3 is 0 Å². The molecule has 0 heterocycles.